The molecule has 0 aliphatic rings. The van der Waals surface area contributed by atoms with E-state index in [4.69, 9.17) is 19.9 Å². The summed E-state index contributed by atoms with van der Waals surface area (Å²) in [6, 6.07) is 50.7. The fraction of sp³-hybridized carbons (Fsp3) is 0.0244. The number of aromatic nitrogens is 8. The molecule has 0 saturated carbocycles. The molecule has 9 heteroatoms. The monoisotopic (exact) mass is 824 g/mol. The first-order valence-electron chi connectivity index (χ1n) is 15.9. The number of fused-ring (bicyclic) bond motifs is 20. The zero-order chi connectivity index (χ0) is 31.3. The van der Waals surface area contributed by atoms with Crippen LogP contribution in [0.4, 0.5) is 0 Å². The van der Waals surface area contributed by atoms with Gasteiger partial charge in [-0.15, -0.1) is 24.3 Å². The molecule has 0 N–H and O–H groups in total. The van der Waals surface area contributed by atoms with Crippen LogP contribution in [0.5, 0.6) is 0 Å². The summed E-state index contributed by atoms with van der Waals surface area (Å²) in [7, 11) is 0. The summed E-state index contributed by atoms with van der Waals surface area (Å²) >= 11 is 0. The molecule has 0 aliphatic carbocycles. The Hall–Kier alpha value is -6.15. The van der Waals surface area contributed by atoms with Gasteiger partial charge in [0.05, 0.1) is 55.3 Å². The minimum absolute atomic E-state index is 0. The Balaban J connectivity index is 0.000000129. The van der Waals surface area contributed by atoms with E-state index in [0.29, 0.717) is 0 Å². The van der Waals surface area contributed by atoms with Crippen LogP contribution in [0.25, 0.3) is 88.8 Å². The van der Waals surface area contributed by atoms with Crippen molar-refractivity contribution >= 4 is 88.8 Å². The van der Waals surface area contributed by atoms with E-state index in [1.54, 1.807) is 0 Å². The molecule has 0 bridgehead atoms. The number of para-hydroxylation sites is 9. The first-order valence-corrected chi connectivity index (χ1v) is 15.9. The largest absolute Gasteiger partial charge is 0.320 e. The smallest absolute Gasteiger partial charge is 0.221 e. The second kappa shape index (κ2) is 11.2. The molecule has 12 aromatic rings. The van der Waals surface area contributed by atoms with Gasteiger partial charge in [-0.2, -0.15) is 0 Å². The average molecular weight is 824 g/mol. The first kappa shape index (κ1) is 29.9. The minimum atomic E-state index is 0. The van der Waals surface area contributed by atoms with Crippen LogP contribution in [0.15, 0.2) is 140 Å². The van der Waals surface area contributed by atoms with Gasteiger partial charge < -0.3 is 8.80 Å². The molecule has 0 atom stereocenters. The van der Waals surface area contributed by atoms with E-state index < -0.39 is 0 Å². The number of hydrogen-bond donors (Lipinski definition) is 0. The molecule has 1 radical (unpaired) electrons. The molecular weight excluding hydrogens is 797 g/mol. The van der Waals surface area contributed by atoms with Crippen LogP contribution in [0, 0.1) is 6.07 Å². The molecule has 241 valence electrons. The molecule has 6 aromatic heterocycles. The maximum atomic E-state index is 4.90. The van der Waals surface area contributed by atoms with E-state index in [-0.39, 0.29) is 27.5 Å². The quantitative estimate of drug-likeness (QED) is 0.143. The Morgan fingerprint density at radius 2 is 0.780 bits per heavy atom. The molecule has 8 nitrogen and oxygen atoms in total. The maximum Gasteiger partial charge on any atom is 0.221 e. The molecule has 12 rings (SSSR count). The summed E-state index contributed by atoms with van der Waals surface area (Å²) in [6.07, 6.45) is 0. The van der Waals surface area contributed by atoms with Crippen LogP contribution in [0.3, 0.4) is 0 Å². The number of nitrogens with zero attached hydrogens (tertiary/aromatic N) is 8. The van der Waals surface area contributed by atoms with E-state index in [0.717, 1.165) is 88.8 Å². The zero-order valence-corrected chi connectivity index (χ0v) is 28.1. The molecule has 0 saturated heterocycles. The van der Waals surface area contributed by atoms with Crippen LogP contribution in [-0.2, 0) is 20.1 Å². The first-order chi connectivity index (χ1) is 23.8. The van der Waals surface area contributed by atoms with Gasteiger partial charge in [0.15, 0.2) is 0 Å². The zero-order valence-electron chi connectivity index (χ0n) is 25.7. The Kier molecular flexibility index (Phi) is 6.71. The Morgan fingerprint density at radius 1 is 0.380 bits per heavy atom. The van der Waals surface area contributed by atoms with Crippen LogP contribution in [0.1, 0.15) is 7.43 Å². The predicted octanol–water partition coefficient (Wildman–Crippen LogP) is 9.32. The van der Waals surface area contributed by atoms with Crippen molar-refractivity contribution in [2.24, 2.45) is 0 Å². The SMILES string of the molecule is C.[Ir].[c-]1cccc2c1c1nc3ccccc3n1c1nc3ccccc3n21.c1ccc2c(c1)nc1n2c2ccccc2c2nc3ccccc3n21. The van der Waals surface area contributed by atoms with E-state index in [1.807, 2.05) is 66.7 Å². The minimum Gasteiger partial charge on any atom is -0.320 e. The number of benzene rings is 6. The summed E-state index contributed by atoms with van der Waals surface area (Å²) in [4.78, 5) is 19.5. The molecule has 6 aromatic carbocycles. The van der Waals surface area contributed by atoms with Crippen molar-refractivity contribution in [3.8, 4) is 0 Å². The summed E-state index contributed by atoms with van der Waals surface area (Å²) in [6.45, 7) is 0. The Morgan fingerprint density at radius 3 is 1.36 bits per heavy atom. The summed E-state index contributed by atoms with van der Waals surface area (Å²) in [5.74, 6) is 1.78. The molecule has 50 heavy (non-hydrogen) atoms. The van der Waals surface area contributed by atoms with Gasteiger partial charge in [-0.05, 0) is 66.2 Å². The second-order valence-electron chi connectivity index (χ2n) is 11.9. The van der Waals surface area contributed by atoms with Crippen molar-refractivity contribution in [1.82, 2.24) is 37.5 Å². The van der Waals surface area contributed by atoms with Gasteiger partial charge in [-0.25, -0.2) is 15.0 Å². The van der Waals surface area contributed by atoms with E-state index >= 15 is 0 Å². The van der Waals surface area contributed by atoms with Crippen molar-refractivity contribution in [1.29, 1.82) is 0 Å². The summed E-state index contributed by atoms with van der Waals surface area (Å²) in [5.41, 5.74) is 12.3. The maximum absolute atomic E-state index is 4.90. The summed E-state index contributed by atoms with van der Waals surface area (Å²) < 4.78 is 8.72. The Bertz CT molecular complexity index is 3040. The summed E-state index contributed by atoms with van der Waals surface area (Å²) in [5, 5.41) is 2.13. The van der Waals surface area contributed by atoms with Gasteiger partial charge in [0.25, 0.3) is 0 Å². The van der Waals surface area contributed by atoms with E-state index in [1.165, 1.54) is 0 Å². The third-order valence-corrected chi connectivity index (χ3v) is 9.29. The van der Waals surface area contributed by atoms with E-state index in [2.05, 4.69) is 96.5 Å². The predicted molar refractivity (Wildman–Crippen MR) is 198 cm³/mol. The molecule has 0 spiro atoms. The van der Waals surface area contributed by atoms with Crippen molar-refractivity contribution in [3.63, 3.8) is 0 Å². The van der Waals surface area contributed by atoms with Crippen molar-refractivity contribution < 1.29 is 20.1 Å². The van der Waals surface area contributed by atoms with Gasteiger partial charge in [0.1, 0.15) is 5.65 Å². The molecule has 0 unspecified atom stereocenters. The van der Waals surface area contributed by atoms with Gasteiger partial charge in [0.2, 0.25) is 11.6 Å². The second-order valence-corrected chi connectivity index (χ2v) is 11.9. The number of hydrogen-bond acceptors (Lipinski definition) is 4. The van der Waals surface area contributed by atoms with E-state index in [9.17, 15) is 0 Å². The van der Waals surface area contributed by atoms with Gasteiger partial charge in [0, 0.05) is 25.5 Å². The molecule has 0 fully saturated rings. The fourth-order valence-electron chi connectivity index (χ4n) is 7.26. The normalized spacial score (nSPS) is 11.7. The van der Waals surface area contributed by atoms with Gasteiger partial charge in [-0.1, -0.05) is 73.5 Å². The third kappa shape index (κ3) is 4.02. The third-order valence-electron chi connectivity index (χ3n) is 9.29. The molecule has 0 amide bonds. The molecular formula is C41H27IrN8-. The van der Waals surface area contributed by atoms with Gasteiger partial charge in [-0.3, -0.25) is 13.8 Å². The van der Waals surface area contributed by atoms with Gasteiger partial charge >= 0.3 is 0 Å². The van der Waals surface area contributed by atoms with Crippen LogP contribution in [0.2, 0.25) is 0 Å². The topological polar surface area (TPSA) is 69.2 Å². The molecule has 6 heterocycles. The Labute approximate surface area is 298 Å². The van der Waals surface area contributed by atoms with Crippen molar-refractivity contribution in [3.05, 3.63) is 146 Å². The van der Waals surface area contributed by atoms with Crippen LogP contribution < -0.4 is 0 Å². The van der Waals surface area contributed by atoms with Crippen molar-refractivity contribution in [2.45, 2.75) is 7.43 Å². The van der Waals surface area contributed by atoms with Crippen LogP contribution in [-0.4, -0.2) is 37.5 Å². The fourth-order valence-corrected chi connectivity index (χ4v) is 7.26. The van der Waals surface area contributed by atoms with Crippen LogP contribution >= 0.6 is 0 Å². The average Bonchev–Trinajstić information content (AvgIpc) is 3.92. The number of imidazole rings is 4. The van der Waals surface area contributed by atoms with Crippen molar-refractivity contribution in [2.75, 3.05) is 0 Å². The molecule has 0 aliphatic heterocycles. The standard InChI is InChI=1S/C20H12N4.C20H11N4.CH4.Ir/c2*1-4-10-16-13(7-1)19-21-14-8-2-6-12-18(14)24(19)20-22-15-9-3-5-11-17(15)23(16)20;;/h1-12H;1-6,8-12H;1H4;/q;-1;;. The number of rotatable bonds is 0.